The molecular formula is C18H28. The minimum absolute atomic E-state index is 1.23. The van der Waals surface area contributed by atoms with Gasteiger partial charge in [0, 0.05) is 0 Å². The summed E-state index contributed by atoms with van der Waals surface area (Å²) in [5.74, 6) is 0. The van der Waals surface area contributed by atoms with Crippen molar-refractivity contribution in [1.82, 2.24) is 0 Å². The van der Waals surface area contributed by atoms with Gasteiger partial charge in [-0.05, 0) is 36.8 Å². The molecule has 0 saturated heterocycles. The van der Waals surface area contributed by atoms with E-state index < -0.39 is 0 Å². The fourth-order valence-corrected chi connectivity index (χ4v) is 2.23. The van der Waals surface area contributed by atoms with Crippen LogP contribution in [-0.4, -0.2) is 0 Å². The van der Waals surface area contributed by atoms with Gasteiger partial charge in [0.1, 0.15) is 0 Å². The number of rotatable bonds is 9. The Bertz CT molecular complexity index is 321. The van der Waals surface area contributed by atoms with Gasteiger partial charge in [0.15, 0.2) is 0 Å². The molecule has 0 nitrogen and oxygen atoms in total. The fraction of sp³-hybridized carbons (Fsp3) is 0.556. The summed E-state index contributed by atoms with van der Waals surface area (Å²) >= 11 is 0. The Balaban J connectivity index is 2.52. The first-order valence-corrected chi connectivity index (χ1v) is 7.63. The zero-order valence-electron chi connectivity index (χ0n) is 12.1. The zero-order chi connectivity index (χ0) is 13.1. The van der Waals surface area contributed by atoms with Gasteiger partial charge in [-0.2, -0.15) is 0 Å². The summed E-state index contributed by atoms with van der Waals surface area (Å²) in [5, 5.41) is 0. The smallest absolute Gasteiger partial charge is 0.0228 e. The molecule has 0 amide bonds. The molecule has 0 saturated carbocycles. The molecule has 0 N–H and O–H groups in total. The van der Waals surface area contributed by atoms with Crippen molar-refractivity contribution in [3.05, 3.63) is 42.0 Å². The Kier molecular flexibility index (Phi) is 8.29. The zero-order valence-corrected chi connectivity index (χ0v) is 12.1. The Morgan fingerprint density at radius 3 is 2.28 bits per heavy atom. The van der Waals surface area contributed by atoms with Crippen LogP contribution >= 0.6 is 0 Å². The molecule has 0 aliphatic carbocycles. The summed E-state index contributed by atoms with van der Waals surface area (Å²) in [7, 11) is 0. The van der Waals surface area contributed by atoms with Gasteiger partial charge in [-0.1, -0.05) is 75.9 Å². The average Bonchev–Trinajstić information content (AvgIpc) is 2.43. The molecule has 0 atom stereocenters. The Labute approximate surface area is 113 Å². The van der Waals surface area contributed by atoms with Crippen LogP contribution in [0.5, 0.6) is 0 Å². The molecule has 0 unspecified atom stereocenters. The molecule has 0 heteroatoms. The van der Waals surface area contributed by atoms with Gasteiger partial charge in [0.2, 0.25) is 0 Å². The summed E-state index contributed by atoms with van der Waals surface area (Å²) in [6.45, 7) is 4.54. The monoisotopic (exact) mass is 244 g/mol. The minimum atomic E-state index is 1.23. The Morgan fingerprint density at radius 1 is 0.889 bits per heavy atom. The lowest BCUT2D eigenvalue weighted by Crippen LogP contribution is -1.86. The first kappa shape index (κ1) is 15.0. The van der Waals surface area contributed by atoms with E-state index in [1.54, 1.807) is 5.57 Å². The van der Waals surface area contributed by atoms with Crippen molar-refractivity contribution < 1.29 is 0 Å². The van der Waals surface area contributed by atoms with E-state index in [9.17, 15) is 0 Å². The van der Waals surface area contributed by atoms with Crippen LogP contribution in [0, 0.1) is 0 Å². The summed E-state index contributed by atoms with van der Waals surface area (Å²) in [6.07, 6.45) is 13.0. The topological polar surface area (TPSA) is 0 Å². The Morgan fingerprint density at radius 2 is 1.61 bits per heavy atom. The molecule has 0 aliphatic rings. The average molecular weight is 244 g/mol. The molecule has 0 aliphatic heterocycles. The maximum atomic E-state index is 2.47. The second-order valence-corrected chi connectivity index (χ2v) is 5.05. The lowest BCUT2D eigenvalue weighted by atomic mass is 9.98. The highest BCUT2D eigenvalue weighted by Crippen LogP contribution is 2.22. The maximum Gasteiger partial charge on any atom is -0.0228 e. The molecule has 0 aromatic heterocycles. The standard InChI is InChI=1S/C18H28/c1-3-5-7-8-10-14-17(13-6-4-2)18-15-11-9-12-16-18/h9,11-12,14-16H,3-8,10,13H2,1-2H3/b17-14+. The van der Waals surface area contributed by atoms with E-state index in [4.69, 9.17) is 0 Å². The van der Waals surface area contributed by atoms with Crippen molar-refractivity contribution >= 4 is 5.57 Å². The number of unbranched alkanes of at least 4 members (excludes halogenated alkanes) is 5. The van der Waals surface area contributed by atoms with E-state index in [1.165, 1.54) is 56.9 Å². The highest BCUT2D eigenvalue weighted by atomic mass is 14.1. The molecule has 100 valence electrons. The van der Waals surface area contributed by atoms with E-state index in [1.807, 2.05) is 0 Å². The van der Waals surface area contributed by atoms with Gasteiger partial charge < -0.3 is 0 Å². The normalized spacial score (nSPS) is 11.8. The predicted octanol–water partition coefficient (Wildman–Crippen LogP) is 6.23. The number of hydrogen-bond acceptors (Lipinski definition) is 0. The van der Waals surface area contributed by atoms with Gasteiger partial charge in [-0.3, -0.25) is 0 Å². The highest BCUT2D eigenvalue weighted by Gasteiger charge is 2.00. The third-order valence-electron chi connectivity index (χ3n) is 3.39. The number of allylic oxidation sites excluding steroid dienone is 2. The van der Waals surface area contributed by atoms with Gasteiger partial charge >= 0.3 is 0 Å². The maximum absolute atomic E-state index is 2.47. The van der Waals surface area contributed by atoms with Crippen LogP contribution in [-0.2, 0) is 0 Å². The largest absolute Gasteiger partial charge is 0.0807 e. The van der Waals surface area contributed by atoms with E-state index in [0.717, 1.165) is 0 Å². The Hall–Kier alpha value is -1.04. The van der Waals surface area contributed by atoms with Gasteiger partial charge in [0.05, 0.1) is 0 Å². The van der Waals surface area contributed by atoms with E-state index in [0.29, 0.717) is 0 Å². The molecule has 1 aromatic carbocycles. The second kappa shape index (κ2) is 9.94. The van der Waals surface area contributed by atoms with E-state index in [-0.39, 0.29) is 0 Å². The summed E-state index contributed by atoms with van der Waals surface area (Å²) in [4.78, 5) is 0. The van der Waals surface area contributed by atoms with Crippen LogP contribution in [0.15, 0.2) is 36.4 Å². The van der Waals surface area contributed by atoms with Crippen molar-refractivity contribution in [2.24, 2.45) is 0 Å². The highest BCUT2D eigenvalue weighted by molar-refractivity contribution is 5.65. The van der Waals surface area contributed by atoms with Crippen molar-refractivity contribution in [1.29, 1.82) is 0 Å². The van der Waals surface area contributed by atoms with Crippen LogP contribution in [0.1, 0.15) is 70.8 Å². The molecule has 0 heterocycles. The molecule has 0 radical (unpaired) electrons. The van der Waals surface area contributed by atoms with Gasteiger partial charge in [-0.15, -0.1) is 0 Å². The van der Waals surface area contributed by atoms with Crippen molar-refractivity contribution in [2.45, 2.75) is 65.2 Å². The number of benzene rings is 1. The molecular weight excluding hydrogens is 216 g/mol. The van der Waals surface area contributed by atoms with Crippen molar-refractivity contribution in [2.75, 3.05) is 0 Å². The van der Waals surface area contributed by atoms with Crippen molar-refractivity contribution in [3.63, 3.8) is 0 Å². The summed E-state index contributed by atoms with van der Waals surface area (Å²) in [5.41, 5.74) is 2.97. The number of hydrogen-bond donors (Lipinski definition) is 0. The van der Waals surface area contributed by atoms with Crippen LogP contribution in [0.3, 0.4) is 0 Å². The molecule has 0 spiro atoms. The molecule has 1 rings (SSSR count). The van der Waals surface area contributed by atoms with E-state index in [2.05, 4.69) is 50.3 Å². The van der Waals surface area contributed by atoms with Gasteiger partial charge in [-0.25, -0.2) is 0 Å². The first-order chi connectivity index (χ1) is 8.88. The summed E-state index contributed by atoms with van der Waals surface area (Å²) < 4.78 is 0. The van der Waals surface area contributed by atoms with Crippen LogP contribution < -0.4 is 0 Å². The quantitative estimate of drug-likeness (QED) is 0.452. The lowest BCUT2D eigenvalue weighted by molar-refractivity contribution is 0.674. The van der Waals surface area contributed by atoms with Gasteiger partial charge in [0.25, 0.3) is 0 Å². The fourth-order valence-electron chi connectivity index (χ4n) is 2.23. The van der Waals surface area contributed by atoms with E-state index >= 15 is 0 Å². The molecule has 18 heavy (non-hydrogen) atoms. The molecule has 0 bridgehead atoms. The lowest BCUT2D eigenvalue weighted by Gasteiger charge is -2.07. The first-order valence-electron chi connectivity index (χ1n) is 7.63. The molecule has 1 aromatic rings. The van der Waals surface area contributed by atoms with Crippen LogP contribution in [0.25, 0.3) is 5.57 Å². The summed E-state index contributed by atoms with van der Waals surface area (Å²) in [6, 6.07) is 10.9. The molecule has 0 fully saturated rings. The second-order valence-electron chi connectivity index (χ2n) is 5.05. The van der Waals surface area contributed by atoms with Crippen LogP contribution in [0.4, 0.5) is 0 Å². The minimum Gasteiger partial charge on any atom is -0.0807 e. The predicted molar refractivity (Wildman–Crippen MR) is 82.7 cm³/mol. The third-order valence-corrected chi connectivity index (χ3v) is 3.39. The van der Waals surface area contributed by atoms with Crippen LogP contribution in [0.2, 0.25) is 0 Å². The van der Waals surface area contributed by atoms with Crippen molar-refractivity contribution in [3.8, 4) is 0 Å². The SMILES string of the molecule is CCCCCC/C=C(\CCCC)c1ccccc1. The third kappa shape index (κ3) is 6.05.